The van der Waals surface area contributed by atoms with E-state index in [4.69, 9.17) is 5.21 Å². The van der Waals surface area contributed by atoms with Crippen molar-refractivity contribution in [1.82, 2.24) is 0 Å². The maximum atomic E-state index is 10.4. The van der Waals surface area contributed by atoms with Crippen molar-refractivity contribution in [2.75, 3.05) is 38.0 Å². The van der Waals surface area contributed by atoms with Gasteiger partial charge in [-0.2, -0.15) is 0 Å². The molecule has 0 saturated carbocycles. The molecule has 0 saturated heterocycles. The van der Waals surface area contributed by atoms with Gasteiger partial charge in [-0.25, -0.2) is 0 Å². The van der Waals surface area contributed by atoms with E-state index >= 15 is 0 Å². The van der Waals surface area contributed by atoms with Gasteiger partial charge in [-0.05, 0) is 47.9 Å². The van der Waals surface area contributed by atoms with Gasteiger partial charge >= 0.3 is 0 Å². The lowest BCUT2D eigenvalue weighted by Gasteiger charge is -2.17. The topological polar surface area (TPSA) is 59.3 Å². The first-order valence-electron chi connectivity index (χ1n) is 9.80. The summed E-state index contributed by atoms with van der Waals surface area (Å²) in [6, 6.07) is 25.5. The average molecular weight is 406 g/mol. The number of hydrogen-bond acceptors (Lipinski definition) is 5. The Kier molecular flexibility index (Phi) is 8.44. The fourth-order valence-electron chi connectivity index (χ4n) is 2.84. The molecule has 0 bridgehead atoms. The highest BCUT2D eigenvalue weighted by atomic mass is 16.4. The summed E-state index contributed by atoms with van der Waals surface area (Å²) in [4.78, 5) is 4.09. The molecular weight excluding hydrogens is 374 g/mol. The molecule has 3 aromatic rings. The summed E-state index contributed by atoms with van der Waals surface area (Å²) in [6.45, 7) is 1.76. The lowest BCUT2D eigenvalue weighted by Crippen LogP contribution is -2.09. The van der Waals surface area contributed by atoms with Crippen LogP contribution in [0.4, 0.5) is 11.4 Å². The van der Waals surface area contributed by atoms with Crippen molar-refractivity contribution in [3.8, 4) is 0 Å². The lowest BCUT2D eigenvalue weighted by molar-refractivity contribution is 0.220. The summed E-state index contributed by atoms with van der Waals surface area (Å²) in [5, 5.41) is 21.9. The van der Waals surface area contributed by atoms with Crippen LogP contribution >= 0.6 is 0 Å². The van der Waals surface area contributed by atoms with Crippen LogP contribution in [0.5, 0.6) is 0 Å². The second kappa shape index (κ2) is 11.0. The first-order chi connectivity index (χ1) is 14.3. The molecule has 0 aromatic heterocycles. The third-order valence-corrected chi connectivity index (χ3v) is 4.79. The number of benzene rings is 3. The summed E-state index contributed by atoms with van der Waals surface area (Å²) in [5.74, 6) is 0. The zero-order valence-electron chi connectivity index (χ0n) is 18.3. The van der Waals surface area contributed by atoms with E-state index in [9.17, 15) is 5.11 Å². The number of aliphatic hydroxyl groups is 1. The maximum absolute atomic E-state index is 10.4. The van der Waals surface area contributed by atoms with Crippen LogP contribution in [-0.4, -0.2) is 44.2 Å². The molecule has 0 spiro atoms. The van der Waals surface area contributed by atoms with Gasteiger partial charge in [-0.1, -0.05) is 59.8 Å². The Bertz CT molecular complexity index is 867. The molecule has 3 aromatic carbocycles. The van der Waals surface area contributed by atoms with E-state index in [-0.39, 0.29) is 0 Å². The van der Waals surface area contributed by atoms with E-state index in [0.717, 1.165) is 28.1 Å². The third-order valence-electron chi connectivity index (χ3n) is 4.79. The zero-order valence-corrected chi connectivity index (χ0v) is 18.3. The fraction of sp³-hybridized carbons (Fsp3) is 0.240. The molecule has 0 unspecified atom stereocenters. The van der Waals surface area contributed by atoms with Gasteiger partial charge in [0.2, 0.25) is 0 Å². The molecule has 0 heterocycles. The fourth-order valence-corrected chi connectivity index (χ4v) is 2.84. The summed E-state index contributed by atoms with van der Waals surface area (Å²) < 4.78 is 0. The SMILES string of the molecule is CC(=NO)c1ccccc1.CN(C)c1ccc(C(O)c2ccc(N(C)C)cc2)cc1. The van der Waals surface area contributed by atoms with E-state index in [2.05, 4.69) is 5.16 Å². The van der Waals surface area contributed by atoms with Crippen LogP contribution < -0.4 is 9.80 Å². The monoisotopic (exact) mass is 405 g/mol. The number of oxime groups is 1. The second-order valence-corrected chi connectivity index (χ2v) is 7.43. The highest BCUT2D eigenvalue weighted by Gasteiger charge is 2.10. The standard InChI is InChI=1S/C17H22N2O.C8H9NO/c1-18(2)15-9-5-13(6-10-15)17(20)14-7-11-16(12-8-14)19(3)4;1-7(9-10)8-5-3-2-4-6-8/h5-12,17,20H,1-4H3;2-6,10H,1H3. The Hall–Kier alpha value is -3.31. The largest absolute Gasteiger partial charge is 0.411 e. The van der Waals surface area contributed by atoms with Gasteiger partial charge in [0.1, 0.15) is 6.10 Å². The van der Waals surface area contributed by atoms with Crippen molar-refractivity contribution in [3.63, 3.8) is 0 Å². The molecule has 3 rings (SSSR count). The second-order valence-electron chi connectivity index (χ2n) is 7.43. The van der Waals surface area contributed by atoms with Crippen LogP contribution in [0, 0.1) is 0 Å². The Labute approximate surface area is 179 Å². The number of anilines is 2. The van der Waals surface area contributed by atoms with Gasteiger partial charge in [0.25, 0.3) is 0 Å². The highest BCUT2D eigenvalue weighted by Crippen LogP contribution is 2.25. The van der Waals surface area contributed by atoms with Crippen molar-refractivity contribution < 1.29 is 10.3 Å². The first-order valence-corrected chi connectivity index (χ1v) is 9.80. The van der Waals surface area contributed by atoms with Gasteiger partial charge in [-0.3, -0.25) is 0 Å². The van der Waals surface area contributed by atoms with Crippen molar-refractivity contribution >= 4 is 17.1 Å². The zero-order chi connectivity index (χ0) is 22.1. The molecule has 0 aliphatic heterocycles. The highest BCUT2D eigenvalue weighted by molar-refractivity contribution is 5.98. The van der Waals surface area contributed by atoms with Gasteiger partial charge in [-0.15, -0.1) is 0 Å². The number of nitrogens with zero attached hydrogens (tertiary/aromatic N) is 3. The minimum Gasteiger partial charge on any atom is -0.411 e. The summed E-state index contributed by atoms with van der Waals surface area (Å²) in [6.07, 6.45) is -0.581. The number of rotatable bonds is 5. The predicted molar refractivity (Wildman–Crippen MR) is 126 cm³/mol. The molecule has 0 atom stereocenters. The molecule has 0 aliphatic carbocycles. The first kappa shape index (κ1) is 23.0. The van der Waals surface area contributed by atoms with Crippen LogP contribution in [0.3, 0.4) is 0 Å². The number of aliphatic hydroxyl groups excluding tert-OH is 1. The van der Waals surface area contributed by atoms with E-state index < -0.39 is 6.10 Å². The average Bonchev–Trinajstić information content (AvgIpc) is 2.79. The lowest BCUT2D eigenvalue weighted by atomic mass is 10.0. The van der Waals surface area contributed by atoms with E-state index in [0.29, 0.717) is 5.71 Å². The normalized spacial score (nSPS) is 11.0. The quantitative estimate of drug-likeness (QED) is 0.364. The molecule has 158 valence electrons. The van der Waals surface area contributed by atoms with Crippen LogP contribution in [0.25, 0.3) is 0 Å². The van der Waals surface area contributed by atoms with Gasteiger partial charge in [0, 0.05) is 39.6 Å². The molecule has 5 nitrogen and oxygen atoms in total. The molecule has 0 aliphatic rings. The Balaban J connectivity index is 0.000000269. The summed E-state index contributed by atoms with van der Waals surface area (Å²) >= 11 is 0. The molecule has 5 heteroatoms. The van der Waals surface area contributed by atoms with Crippen molar-refractivity contribution in [2.24, 2.45) is 5.16 Å². The van der Waals surface area contributed by atoms with Gasteiger partial charge in [0.15, 0.2) is 0 Å². The summed E-state index contributed by atoms with van der Waals surface area (Å²) in [7, 11) is 8.02. The van der Waals surface area contributed by atoms with E-state index in [1.807, 2.05) is 117 Å². The molecule has 0 fully saturated rings. The molecular formula is C25H31N3O2. The Morgan fingerprint density at radius 2 is 1.10 bits per heavy atom. The minimum absolute atomic E-state index is 0.581. The van der Waals surface area contributed by atoms with Gasteiger partial charge in [0.05, 0.1) is 5.71 Å². The Morgan fingerprint density at radius 1 is 0.700 bits per heavy atom. The number of hydrogen-bond donors (Lipinski definition) is 2. The van der Waals surface area contributed by atoms with Crippen LogP contribution in [0.2, 0.25) is 0 Å². The van der Waals surface area contributed by atoms with Crippen molar-refractivity contribution in [2.45, 2.75) is 13.0 Å². The maximum Gasteiger partial charge on any atom is 0.104 e. The smallest absolute Gasteiger partial charge is 0.104 e. The molecule has 30 heavy (non-hydrogen) atoms. The Morgan fingerprint density at radius 3 is 1.43 bits per heavy atom. The minimum atomic E-state index is -0.581. The summed E-state index contributed by atoms with van der Waals surface area (Å²) in [5.41, 5.74) is 5.67. The van der Waals surface area contributed by atoms with Crippen LogP contribution in [0.15, 0.2) is 84.0 Å². The van der Waals surface area contributed by atoms with Crippen LogP contribution in [-0.2, 0) is 0 Å². The van der Waals surface area contributed by atoms with Crippen molar-refractivity contribution in [1.29, 1.82) is 0 Å². The van der Waals surface area contributed by atoms with E-state index in [1.165, 1.54) is 0 Å². The van der Waals surface area contributed by atoms with Gasteiger partial charge < -0.3 is 20.1 Å². The third kappa shape index (κ3) is 6.36. The van der Waals surface area contributed by atoms with E-state index in [1.54, 1.807) is 6.92 Å². The molecule has 2 N–H and O–H groups in total. The van der Waals surface area contributed by atoms with Crippen molar-refractivity contribution in [3.05, 3.63) is 95.6 Å². The van der Waals surface area contributed by atoms with Crippen LogP contribution in [0.1, 0.15) is 29.7 Å². The molecule has 0 radical (unpaired) electrons. The predicted octanol–water partition coefficient (Wildman–Crippen LogP) is 4.79. The molecule has 0 amide bonds.